The van der Waals surface area contributed by atoms with Gasteiger partial charge < -0.3 is 4.90 Å². The number of piperidine rings is 2. The molecular weight excluding hydrogens is 420 g/mol. The van der Waals surface area contributed by atoms with Crippen LogP contribution in [0, 0.1) is 16.0 Å². The Morgan fingerprint density at radius 1 is 1.10 bits per heavy atom. The van der Waals surface area contributed by atoms with Crippen molar-refractivity contribution in [3.05, 3.63) is 28.3 Å². The highest BCUT2D eigenvalue weighted by Crippen LogP contribution is 2.34. The first-order chi connectivity index (χ1) is 13.5. The third-order valence-electron chi connectivity index (χ3n) is 5.58. The van der Waals surface area contributed by atoms with Gasteiger partial charge in [0.15, 0.2) is 0 Å². The highest BCUT2D eigenvalue weighted by molar-refractivity contribution is 7.89. The molecule has 2 fully saturated rings. The smallest absolute Gasteiger partial charge is 0.293 e. The van der Waals surface area contributed by atoms with Crippen LogP contribution in [0.25, 0.3) is 0 Å². The molecule has 162 valence electrons. The fourth-order valence-electron chi connectivity index (χ4n) is 4.02. The van der Waals surface area contributed by atoms with Crippen LogP contribution in [0.4, 0.5) is 11.4 Å². The van der Waals surface area contributed by atoms with Crippen LogP contribution in [0.3, 0.4) is 0 Å². The van der Waals surface area contributed by atoms with E-state index in [0.717, 1.165) is 18.9 Å². The van der Waals surface area contributed by atoms with Crippen molar-refractivity contribution in [2.24, 2.45) is 11.1 Å². The zero-order valence-corrected chi connectivity index (χ0v) is 17.9. The highest BCUT2D eigenvalue weighted by Gasteiger charge is 2.34. The van der Waals surface area contributed by atoms with Crippen molar-refractivity contribution in [1.82, 2.24) is 4.31 Å². The molecule has 2 saturated heterocycles. The van der Waals surface area contributed by atoms with Gasteiger partial charge in [0.25, 0.3) is 5.69 Å². The normalized spacial score (nSPS) is 24.4. The van der Waals surface area contributed by atoms with Gasteiger partial charge in [-0.25, -0.2) is 22.0 Å². The molecule has 0 saturated carbocycles. The number of nitro benzene ring substituents is 1. The van der Waals surface area contributed by atoms with Crippen molar-refractivity contribution >= 4 is 31.4 Å². The molecule has 0 unspecified atom stereocenters. The molecule has 2 aliphatic rings. The van der Waals surface area contributed by atoms with E-state index in [0.29, 0.717) is 32.5 Å². The lowest BCUT2D eigenvalue weighted by Crippen LogP contribution is -2.45. The first-order valence-electron chi connectivity index (χ1n) is 9.55. The van der Waals surface area contributed by atoms with Gasteiger partial charge in [0, 0.05) is 32.2 Å². The summed E-state index contributed by atoms with van der Waals surface area (Å²) in [6.45, 7) is 3.23. The predicted octanol–water partition coefficient (Wildman–Crippen LogP) is 1.27. The minimum atomic E-state index is -3.84. The molecule has 10 nitrogen and oxygen atoms in total. The van der Waals surface area contributed by atoms with Crippen LogP contribution in [0.5, 0.6) is 0 Å². The molecule has 2 heterocycles. The van der Waals surface area contributed by atoms with Crippen molar-refractivity contribution in [3.8, 4) is 0 Å². The van der Waals surface area contributed by atoms with E-state index in [2.05, 4.69) is 0 Å². The molecule has 0 spiro atoms. The van der Waals surface area contributed by atoms with Crippen molar-refractivity contribution in [2.75, 3.05) is 31.1 Å². The number of hydrogen-bond acceptors (Lipinski definition) is 7. The molecule has 0 bridgehead atoms. The van der Waals surface area contributed by atoms with Gasteiger partial charge in [0.1, 0.15) is 5.69 Å². The van der Waals surface area contributed by atoms with Gasteiger partial charge in [0.2, 0.25) is 20.0 Å². The maximum Gasteiger partial charge on any atom is 0.293 e. The number of nitrogens with two attached hydrogens (primary N) is 1. The summed E-state index contributed by atoms with van der Waals surface area (Å²) in [5.41, 5.74) is -0.152. The fraction of sp³-hybridized carbons (Fsp3) is 0.647. The van der Waals surface area contributed by atoms with E-state index in [1.165, 1.54) is 16.4 Å². The van der Waals surface area contributed by atoms with Crippen LogP contribution >= 0.6 is 0 Å². The molecule has 1 aromatic carbocycles. The summed E-state index contributed by atoms with van der Waals surface area (Å²) in [4.78, 5) is 12.5. The number of anilines is 1. The summed E-state index contributed by atoms with van der Waals surface area (Å²) in [5.74, 6) is 0.233. The van der Waals surface area contributed by atoms with Crippen molar-refractivity contribution in [1.29, 1.82) is 0 Å². The molecule has 0 radical (unpaired) electrons. The Balaban J connectivity index is 1.94. The zero-order valence-electron chi connectivity index (χ0n) is 16.2. The number of nitrogens with zero attached hydrogens (tertiary/aromatic N) is 3. The van der Waals surface area contributed by atoms with Crippen LogP contribution in [-0.2, 0) is 20.0 Å². The monoisotopic (exact) mass is 446 g/mol. The summed E-state index contributed by atoms with van der Waals surface area (Å²) >= 11 is 0. The van der Waals surface area contributed by atoms with Crippen molar-refractivity contribution < 1.29 is 21.8 Å². The Kier molecular flexibility index (Phi) is 6.18. The highest BCUT2D eigenvalue weighted by atomic mass is 32.2. The summed E-state index contributed by atoms with van der Waals surface area (Å²) in [6, 6.07) is 3.83. The standard InChI is InChI=1S/C17H26N4O6S2/c1-13-4-2-9-20(11-13)29(26,27)14-6-7-16(17(10-14)21(22)23)19-8-3-5-15(12-19)28(18,24)25/h6-7,10,13,15H,2-5,8-9,11-12H2,1H3,(H2,18,24,25)/t13-,15-/m1/s1. The Labute approximate surface area is 170 Å². The van der Waals surface area contributed by atoms with Crippen molar-refractivity contribution in [3.63, 3.8) is 0 Å². The lowest BCUT2D eigenvalue weighted by molar-refractivity contribution is -0.384. The van der Waals surface area contributed by atoms with Crippen LogP contribution in [0.15, 0.2) is 23.1 Å². The zero-order chi connectivity index (χ0) is 21.4. The number of sulfonamides is 2. The third-order valence-corrected chi connectivity index (χ3v) is 8.76. The van der Waals surface area contributed by atoms with E-state index in [1.807, 2.05) is 6.92 Å². The number of hydrogen-bond donors (Lipinski definition) is 1. The Hall–Kier alpha value is -1.76. The van der Waals surface area contributed by atoms with Crippen LogP contribution in [-0.4, -0.2) is 57.5 Å². The second-order valence-electron chi connectivity index (χ2n) is 7.82. The topological polar surface area (TPSA) is 144 Å². The maximum absolute atomic E-state index is 13.0. The lowest BCUT2D eigenvalue weighted by Gasteiger charge is -2.33. The SMILES string of the molecule is C[C@@H]1CCCN(S(=O)(=O)c2ccc(N3CCC[C@@H](S(N)(=O)=O)C3)c([N+](=O)[O-])c2)C1. The Bertz CT molecular complexity index is 995. The second-order valence-corrected chi connectivity index (χ2v) is 11.6. The van der Waals surface area contributed by atoms with Crippen molar-refractivity contribution in [2.45, 2.75) is 42.8 Å². The Morgan fingerprint density at radius 2 is 1.79 bits per heavy atom. The summed E-state index contributed by atoms with van der Waals surface area (Å²) < 4.78 is 50.7. The van der Waals surface area contributed by atoms with Gasteiger partial charge in [0.05, 0.1) is 15.1 Å². The predicted molar refractivity (Wildman–Crippen MR) is 109 cm³/mol. The summed E-state index contributed by atoms with van der Waals surface area (Å²) in [5, 5.41) is 16.1. The van der Waals surface area contributed by atoms with E-state index in [-0.39, 0.29) is 28.7 Å². The average Bonchev–Trinajstić information content (AvgIpc) is 2.67. The van der Waals surface area contributed by atoms with E-state index >= 15 is 0 Å². The molecule has 0 amide bonds. The van der Waals surface area contributed by atoms with Gasteiger partial charge in [-0.1, -0.05) is 6.92 Å². The van der Waals surface area contributed by atoms with E-state index < -0.39 is 30.2 Å². The quantitative estimate of drug-likeness (QED) is 0.530. The molecule has 2 atom stereocenters. The van der Waals surface area contributed by atoms with Crippen LogP contribution < -0.4 is 10.0 Å². The third kappa shape index (κ3) is 4.71. The largest absolute Gasteiger partial charge is 0.365 e. The lowest BCUT2D eigenvalue weighted by atomic mass is 10.0. The Morgan fingerprint density at radius 3 is 2.41 bits per heavy atom. The minimum absolute atomic E-state index is 0.0371. The molecule has 2 aliphatic heterocycles. The maximum atomic E-state index is 13.0. The van der Waals surface area contributed by atoms with Gasteiger partial charge in [-0.15, -0.1) is 0 Å². The van der Waals surface area contributed by atoms with Gasteiger partial charge >= 0.3 is 0 Å². The van der Waals surface area contributed by atoms with Gasteiger partial charge in [-0.3, -0.25) is 10.1 Å². The molecule has 0 aromatic heterocycles. The molecule has 0 aliphatic carbocycles. The van der Waals surface area contributed by atoms with Crippen LogP contribution in [0.1, 0.15) is 32.6 Å². The fourth-order valence-corrected chi connectivity index (χ4v) is 6.52. The molecule has 12 heteroatoms. The van der Waals surface area contributed by atoms with Gasteiger partial charge in [-0.2, -0.15) is 4.31 Å². The van der Waals surface area contributed by atoms with E-state index in [9.17, 15) is 26.9 Å². The molecule has 2 N–H and O–H groups in total. The van der Waals surface area contributed by atoms with Crippen LogP contribution in [0.2, 0.25) is 0 Å². The summed E-state index contributed by atoms with van der Waals surface area (Å²) in [6.07, 6.45) is 2.61. The number of benzene rings is 1. The number of rotatable bonds is 5. The number of nitro groups is 1. The number of primary sulfonamides is 1. The first kappa shape index (κ1) is 21.9. The second kappa shape index (κ2) is 8.17. The molecule has 1 aromatic rings. The molecular formula is C17H26N4O6S2. The summed E-state index contributed by atoms with van der Waals surface area (Å²) in [7, 11) is -7.60. The van der Waals surface area contributed by atoms with Gasteiger partial charge in [-0.05, 0) is 43.7 Å². The van der Waals surface area contributed by atoms with E-state index in [1.54, 1.807) is 4.90 Å². The molecule has 29 heavy (non-hydrogen) atoms. The minimum Gasteiger partial charge on any atom is -0.365 e. The van der Waals surface area contributed by atoms with E-state index in [4.69, 9.17) is 5.14 Å². The average molecular weight is 447 g/mol. The first-order valence-corrected chi connectivity index (χ1v) is 12.6. The molecule has 3 rings (SSSR count).